The van der Waals surface area contributed by atoms with Crippen molar-refractivity contribution in [2.24, 2.45) is 4.99 Å². The summed E-state index contributed by atoms with van der Waals surface area (Å²) in [5.41, 5.74) is 1.37. The van der Waals surface area contributed by atoms with Crippen molar-refractivity contribution in [3.05, 3.63) is 35.9 Å². The Morgan fingerprint density at radius 3 is 2.69 bits per heavy atom. The van der Waals surface area contributed by atoms with Crippen LogP contribution in [0.1, 0.15) is 44.6 Å². The number of guanidine groups is 1. The number of hydrogen-bond acceptors (Lipinski definition) is 3. The lowest BCUT2D eigenvalue weighted by Gasteiger charge is -2.37. The van der Waals surface area contributed by atoms with E-state index in [1.807, 2.05) is 0 Å². The monoisotopic (exact) mass is 359 g/mol. The van der Waals surface area contributed by atoms with Gasteiger partial charge in [0.1, 0.15) is 6.10 Å². The first-order valence-electron chi connectivity index (χ1n) is 10.1. The maximum atomic E-state index is 5.99. The van der Waals surface area contributed by atoms with E-state index in [2.05, 4.69) is 54.4 Å². The average Bonchev–Trinajstić information content (AvgIpc) is 3.23. The Labute approximate surface area is 157 Å². The van der Waals surface area contributed by atoms with E-state index in [-0.39, 0.29) is 12.2 Å². The third kappa shape index (κ3) is 4.98. The molecule has 0 amide bonds. The molecule has 0 aromatic heterocycles. The molecule has 0 radical (unpaired) electrons. The number of nitrogens with one attached hydrogen (secondary N) is 1. The fourth-order valence-electron chi connectivity index (χ4n) is 3.81. The Morgan fingerprint density at radius 1 is 1.19 bits per heavy atom. The largest absolute Gasteiger partial charge is 0.375 e. The molecule has 3 atom stereocenters. The highest BCUT2D eigenvalue weighted by molar-refractivity contribution is 5.80. The maximum Gasteiger partial charge on any atom is 0.194 e. The number of rotatable bonds is 6. The minimum Gasteiger partial charge on any atom is -0.375 e. The van der Waals surface area contributed by atoms with Crippen LogP contribution in [-0.4, -0.2) is 62.5 Å². The molecule has 0 aliphatic carbocycles. The summed E-state index contributed by atoms with van der Waals surface area (Å²) in [7, 11) is 0. The number of hydrogen-bond donors (Lipinski definition) is 1. The number of nitrogens with zero attached hydrogens (tertiary/aromatic N) is 2. The predicted octanol–water partition coefficient (Wildman–Crippen LogP) is 3.03. The Morgan fingerprint density at radius 2 is 2.00 bits per heavy atom. The van der Waals surface area contributed by atoms with Crippen LogP contribution in [0.2, 0.25) is 0 Å². The van der Waals surface area contributed by atoms with Crippen LogP contribution in [-0.2, 0) is 9.47 Å². The van der Waals surface area contributed by atoms with Crippen LogP contribution in [0.5, 0.6) is 0 Å². The third-order valence-corrected chi connectivity index (χ3v) is 5.33. The smallest absolute Gasteiger partial charge is 0.194 e. The van der Waals surface area contributed by atoms with Gasteiger partial charge in [0.05, 0.1) is 12.7 Å². The maximum absolute atomic E-state index is 5.99. The summed E-state index contributed by atoms with van der Waals surface area (Å²) < 4.78 is 11.8. The summed E-state index contributed by atoms with van der Waals surface area (Å²) in [6.45, 7) is 9.41. The lowest BCUT2D eigenvalue weighted by atomic mass is 9.97. The molecule has 144 valence electrons. The Bertz CT molecular complexity index is 558. The van der Waals surface area contributed by atoms with Crippen molar-refractivity contribution in [1.82, 2.24) is 10.2 Å². The molecule has 5 heteroatoms. The van der Waals surface area contributed by atoms with Crippen LogP contribution < -0.4 is 5.32 Å². The molecule has 1 aromatic rings. The van der Waals surface area contributed by atoms with Gasteiger partial charge in [-0.3, -0.25) is 4.99 Å². The predicted molar refractivity (Wildman–Crippen MR) is 106 cm³/mol. The van der Waals surface area contributed by atoms with E-state index < -0.39 is 0 Å². The molecule has 2 saturated heterocycles. The Kier molecular flexibility index (Phi) is 7.32. The molecular formula is C21H33N3O2. The van der Waals surface area contributed by atoms with Gasteiger partial charge in [-0.05, 0) is 31.7 Å². The van der Waals surface area contributed by atoms with Gasteiger partial charge in [0, 0.05) is 38.7 Å². The summed E-state index contributed by atoms with van der Waals surface area (Å²) in [6, 6.07) is 10.7. The Hall–Kier alpha value is -1.59. The van der Waals surface area contributed by atoms with Crippen molar-refractivity contribution in [3.63, 3.8) is 0 Å². The highest BCUT2D eigenvalue weighted by Crippen LogP contribution is 2.22. The van der Waals surface area contributed by atoms with E-state index >= 15 is 0 Å². The molecule has 2 fully saturated rings. The number of aliphatic imine (C=N–C) groups is 1. The quantitative estimate of drug-likeness (QED) is 0.626. The van der Waals surface area contributed by atoms with E-state index in [9.17, 15) is 0 Å². The average molecular weight is 360 g/mol. The zero-order valence-electron chi connectivity index (χ0n) is 16.2. The van der Waals surface area contributed by atoms with Crippen LogP contribution in [0, 0.1) is 0 Å². The molecule has 2 heterocycles. The molecule has 26 heavy (non-hydrogen) atoms. The van der Waals surface area contributed by atoms with Gasteiger partial charge in [0.15, 0.2) is 5.96 Å². The summed E-state index contributed by atoms with van der Waals surface area (Å²) >= 11 is 0. The van der Waals surface area contributed by atoms with Gasteiger partial charge < -0.3 is 19.7 Å². The van der Waals surface area contributed by atoms with Crippen LogP contribution >= 0.6 is 0 Å². The van der Waals surface area contributed by atoms with Crippen LogP contribution in [0.3, 0.4) is 0 Å². The van der Waals surface area contributed by atoms with E-state index in [1.165, 1.54) is 5.56 Å². The van der Waals surface area contributed by atoms with Gasteiger partial charge in [-0.2, -0.15) is 0 Å². The molecule has 3 rings (SSSR count). The van der Waals surface area contributed by atoms with E-state index in [4.69, 9.17) is 14.5 Å². The van der Waals surface area contributed by atoms with Gasteiger partial charge in [0.2, 0.25) is 0 Å². The van der Waals surface area contributed by atoms with Crippen molar-refractivity contribution >= 4 is 5.96 Å². The topological polar surface area (TPSA) is 46.1 Å². The molecule has 1 N–H and O–H groups in total. The van der Waals surface area contributed by atoms with Crippen molar-refractivity contribution in [2.45, 2.75) is 51.2 Å². The standard InChI is InChI=1S/C21H33N3O2/c1-3-17(18-9-6-5-7-10-18)15-23-21(22-4-2)24-12-14-26-20(16-24)19-11-8-13-25-19/h5-7,9-10,17,19-20H,3-4,8,11-16H2,1-2H3,(H,22,23). The zero-order valence-corrected chi connectivity index (χ0v) is 16.2. The lowest BCUT2D eigenvalue weighted by molar-refractivity contribution is -0.0817. The second-order valence-electron chi connectivity index (χ2n) is 7.12. The van der Waals surface area contributed by atoms with E-state index in [0.717, 1.165) is 64.6 Å². The summed E-state index contributed by atoms with van der Waals surface area (Å²) in [6.07, 6.45) is 3.75. The molecule has 0 bridgehead atoms. The van der Waals surface area contributed by atoms with Gasteiger partial charge >= 0.3 is 0 Å². The number of benzene rings is 1. The summed E-state index contributed by atoms with van der Waals surface area (Å²) in [5.74, 6) is 1.47. The molecule has 1 aromatic carbocycles. The summed E-state index contributed by atoms with van der Waals surface area (Å²) in [4.78, 5) is 7.33. The second kappa shape index (κ2) is 9.93. The minimum atomic E-state index is 0.159. The summed E-state index contributed by atoms with van der Waals surface area (Å²) in [5, 5.41) is 3.47. The van der Waals surface area contributed by atoms with Crippen molar-refractivity contribution in [3.8, 4) is 0 Å². The lowest BCUT2D eigenvalue weighted by Crippen LogP contribution is -2.53. The number of morpholine rings is 1. The first-order chi connectivity index (χ1) is 12.8. The molecule has 0 spiro atoms. The van der Waals surface area contributed by atoms with E-state index in [1.54, 1.807) is 0 Å². The van der Waals surface area contributed by atoms with Gasteiger partial charge in [-0.15, -0.1) is 0 Å². The van der Waals surface area contributed by atoms with Gasteiger partial charge in [-0.25, -0.2) is 0 Å². The zero-order chi connectivity index (χ0) is 18.2. The third-order valence-electron chi connectivity index (χ3n) is 5.33. The molecule has 3 unspecified atom stereocenters. The van der Waals surface area contributed by atoms with Crippen molar-refractivity contribution < 1.29 is 9.47 Å². The molecule has 5 nitrogen and oxygen atoms in total. The molecule has 0 saturated carbocycles. The highest BCUT2D eigenvalue weighted by atomic mass is 16.5. The molecule has 2 aliphatic rings. The van der Waals surface area contributed by atoms with Crippen molar-refractivity contribution in [1.29, 1.82) is 0 Å². The minimum absolute atomic E-state index is 0.159. The fraction of sp³-hybridized carbons (Fsp3) is 0.667. The van der Waals surface area contributed by atoms with E-state index in [0.29, 0.717) is 5.92 Å². The van der Waals surface area contributed by atoms with Gasteiger partial charge in [-0.1, -0.05) is 37.3 Å². The normalized spacial score (nSPS) is 25.3. The Balaban J connectivity index is 1.65. The molecular weight excluding hydrogens is 326 g/mol. The van der Waals surface area contributed by atoms with Crippen molar-refractivity contribution in [2.75, 3.05) is 39.4 Å². The molecule has 2 aliphatic heterocycles. The second-order valence-corrected chi connectivity index (χ2v) is 7.12. The number of ether oxygens (including phenoxy) is 2. The van der Waals surface area contributed by atoms with Gasteiger partial charge in [0.25, 0.3) is 0 Å². The fourth-order valence-corrected chi connectivity index (χ4v) is 3.81. The van der Waals surface area contributed by atoms with Crippen LogP contribution in [0.4, 0.5) is 0 Å². The van der Waals surface area contributed by atoms with Crippen LogP contribution in [0.25, 0.3) is 0 Å². The SMILES string of the molecule is CCNC(=NCC(CC)c1ccccc1)N1CCOC(C2CCCO2)C1. The first kappa shape index (κ1) is 19.2. The van der Waals surface area contributed by atoms with Crippen LogP contribution in [0.15, 0.2) is 35.3 Å². The highest BCUT2D eigenvalue weighted by Gasteiger charge is 2.32. The first-order valence-corrected chi connectivity index (χ1v) is 10.1.